The van der Waals surface area contributed by atoms with Gasteiger partial charge in [-0.3, -0.25) is 19.8 Å². The predicted octanol–water partition coefficient (Wildman–Crippen LogP) is 4.39. The zero-order chi connectivity index (χ0) is 21.5. The van der Waals surface area contributed by atoms with Crippen LogP contribution in [0.25, 0.3) is 5.57 Å². The third kappa shape index (κ3) is 3.51. The smallest absolute Gasteiger partial charge is 0.269 e. The maximum atomic E-state index is 13.0. The summed E-state index contributed by atoms with van der Waals surface area (Å²) in [5.41, 5.74) is 3.68. The summed E-state index contributed by atoms with van der Waals surface area (Å²) in [6.45, 7) is 2.48. The molecule has 2 heterocycles. The SMILES string of the molecule is O=C1/C(=C/C2=CCc3cc([N+](=O)[O-])ccc32)Oc2c1ccc(O)c2CN1CCCCC1. The van der Waals surface area contributed by atoms with E-state index < -0.39 is 4.92 Å². The molecule has 0 aromatic heterocycles. The van der Waals surface area contributed by atoms with Crippen LogP contribution in [0.1, 0.15) is 46.3 Å². The van der Waals surface area contributed by atoms with E-state index in [-0.39, 0.29) is 23.0 Å². The maximum Gasteiger partial charge on any atom is 0.269 e. The van der Waals surface area contributed by atoms with Crippen LogP contribution < -0.4 is 4.74 Å². The lowest BCUT2D eigenvalue weighted by Gasteiger charge is -2.27. The lowest BCUT2D eigenvalue weighted by molar-refractivity contribution is -0.384. The summed E-state index contributed by atoms with van der Waals surface area (Å²) in [5.74, 6) is 0.560. The van der Waals surface area contributed by atoms with E-state index in [1.807, 2.05) is 6.08 Å². The van der Waals surface area contributed by atoms with Gasteiger partial charge in [0.05, 0.1) is 16.1 Å². The number of piperidine rings is 1. The number of nitro benzene ring substituents is 1. The number of rotatable bonds is 4. The van der Waals surface area contributed by atoms with Crippen molar-refractivity contribution in [3.8, 4) is 11.5 Å². The van der Waals surface area contributed by atoms with E-state index in [1.165, 1.54) is 12.5 Å². The first-order valence-corrected chi connectivity index (χ1v) is 10.5. The van der Waals surface area contributed by atoms with E-state index in [1.54, 1.807) is 30.3 Å². The average molecular weight is 418 g/mol. The van der Waals surface area contributed by atoms with Gasteiger partial charge in [0.25, 0.3) is 5.69 Å². The Hall–Kier alpha value is -3.45. The van der Waals surface area contributed by atoms with Crippen molar-refractivity contribution in [1.29, 1.82) is 0 Å². The quantitative estimate of drug-likeness (QED) is 0.450. The number of nitro groups is 1. The second-order valence-electron chi connectivity index (χ2n) is 8.18. The van der Waals surface area contributed by atoms with Crippen LogP contribution in [-0.4, -0.2) is 33.8 Å². The topological polar surface area (TPSA) is 92.9 Å². The van der Waals surface area contributed by atoms with Crippen molar-refractivity contribution < 1.29 is 19.6 Å². The third-order valence-electron chi connectivity index (χ3n) is 6.19. The van der Waals surface area contributed by atoms with Crippen molar-refractivity contribution in [2.24, 2.45) is 0 Å². The molecule has 158 valence electrons. The van der Waals surface area contributed by atoms with Gasteiger partial charge in [-0.25, -0.2) is 0 Å². The molecular formula is C24H22N2O5. The number of hydrogen-bond acceptors (Lipinski definition) is 6. The number of likely N-dealkylation sites (tertiary alicyclic amines) is 1. The Labute approximate surface area is 179 Å². The molecule has 3 aliphatic rings. The van der Waals surface area contributed by atoms with Crippen LogP contribution in [0, 0.1) is 10.1 Å². The summed E-state index contributed by atoms with van der Waals surface area (Å²) >= 11 is 0. The van der Waals surface area contributed by atoms with Gasteiger partial charge in [0.1, 0.15) is 11.5 Å². The van der Waals surface area contributed by atoms with Gasteiger partial charge in [-0.2, -0.15) is 0 Å². The number of ketones is 1. The minimum atomic E-state index is -0.409. The lowest BCUT2D eigenvalue weighted by Crippen LogP contribution is -2.29. The van der Waals surface area contributed by atoms with Crippen molar-refractivity contribution in [2.75, 3.05) is 13.1 Å². The number of phenols is 1. The summed E-state index contributed by atoms with van der Waals surface area (Å²) in [5, 5.41) is 21.5. The number of non-ortho nitro benzene ring substituents is 1. The van der Waals surface area contributed by atoms with E-state index in [4.69, 9.17) is 4.74 Å². The molecular weight excluding hydrogens is 396 g/mol. The number of carbonyl (C=O) groups excluding carboxylic acids is 1. The van der Waals surface area contributed by atoms with Gasteiger partial charge in [0.2, 0.25) is 5.78 Å². The number of carbonyl (C=O) groups is 1. The molecule has 5 rings (SSSR count). The van der Waals surface area contributed by atoms with E-state index in [9.17, 15) is 20.0 Å². The molecule has 2 aromatic carbocycles. The van der Waals surface area contributed by atoms with Gasteiger partial charge < -0.3 is 9.84 Å². The monoisotopic (exact) mass is 418 g/mol. The summed E-state index contributed by atoms with van der Waals surface area (Å²) in [7, 11) is 0. The highest BCUT2D eigenvalue weighted by Gasteiger charge is 2.32. The average Bonchev–Trinajstić information content (AvgIpc) is 3.32. The number of ether oxygens (including phenoxy) is 1. The van der Waals surface area contributed by atoms with Crippen molar-refractivity contribution in [3.05, 3.63) is 80.6 Å². The number of nitrogens with zero attached hydrogens (tertiary/aromatic N) is 2. The highest BCUT2D eigenvalue weighted by molar-refractivity contribution is 6.14. The van der Waals surface area contributed by atoms with Crippen LogP contribution in [0.3, 0.4) is 0 Å². The van der Waals surface area contributed by atoms with Crippen LogP contribution in [0.2, 0.25) is 0 Å². The fraction of sp³-hybridized carbons (Fsp3) is 0.292. The second kappa shape index (κ2) is 7.67. The van der Waals surface area contributed by atoms with Crippen LogP contribution >= 0.6 is 0 Å². The second-order valence-corrected chi connectivity index (χ2v) is 8.18. The van der Waals surface area contributed by atoms with E-state index >= 15 is 0 Å². The van der Waals surface area contributed by atoms with Crippen molar-refractivity contribution in [3.63, 3.8) is 0 Å². The molecule has 7 nitrogen and oxygen atoms in total. The van der Waals surface area contributed by atoms with E-state index in [2.05, 4.69) is 4.90 Å². The summed E-state index contributed by atoms with van der Waals surface area (Å²) in [6.07, 6.45) is 7.68. The van der Waals surface area contributed by atoms with E-state index in [0.29, 0.717) is 29.8 Å². The summed E-state index contributed by atoms with van der Waals surface area (Å²) in [4.78, 5) is 25.9. The Kier molecular flexibility index (Phi) is 4.82. The molecule has 2 aromatic rings. The number of benzene rings is 2. The summed E-state index contributed by atoms with van der Waals surface area (Å²) in [6, 6.07) is 7.92. The Balaban J connectivity index is 1.44. The van der Waals surface area contributed by atoms with Crippen LogP contribution in [-0.2, 0) is 13.0 Å². The summed E-state index contributed by atoms with van der Waals surface area (Å²) < 4.78 is 5.99. The number of hydrogen-bond donors (Lipinski definition) is 1. The molecule has 0 saturated carbocycles. The fourth-order valence-corrected chi connectivity index (χ4v) is 4.54. The number of aromatic hydroxyl groups is 1. The lowest BCUT2D eigenvalue weighted by atomic mass is 10.0. The normalized spacial score (nSPS) is 19.2. The molecule has 31 heavy (non-hydrogen) atoms. The molecule has 1 aliphatic carbocycles. The van der Waals surface area contributed by atoms with Gasteiger partial charge >= 0.3 is 0 Å². The number of phenolic OH excluding ortho intramolecular Hbond substituents is 1. The number of Topliss-reactive ketones (excluding diaryl/α,β-unsaturated/α-hetero) is 1. The Morgan fingerprint density at radius 3 is 2.68 bits per heavy atom. The van der Waals surface area contributed by atoms with Gasteiger partial charge in [-0.15, -0.1) is 0 Å². The predicted molar refractivity (Wildman–Crippen MR) is 115 cm³/mol. The molecule has 0 unspecified atom stereocenters. The van der Waals surface area contributed by atoms with Crippen molar-refractivity contribution in [1.82, 2.24) is 4.90 Å². The molecule has 0 bridgehead atoms. The zero-order valence-corrected chi connectivity index (χ0v) is 17.0. The molecule has 1 N–H and O–H groups in total. The standard InChI is InChI=1S/C24H22N2O5/c27-21-9-8-19-23(28)22(31-24(19)20(21)14-25-10-2-1-3-11-25)13-16-5-4-15-12-17(26(29)30)6-7-18(15)16/h5-9,12-13,27H,1-4,10-11,14H2/b22-13-. The van der Waals surface area contributed by atoms with Gasteiger partial charge in [-0.1, -0.05) is 12.5 Å². The van der Waals surface area contributed by atoms with Crippen LogP contribution in [0.5, 0.6) is 11.5 Å². The highest BCUT2D eigenvalue weighted by atomic mass is 16.6. The molecule has 1 fully saturated rings. The maximum absolute atomic E-state index is 13.0. The fourth-order valence-electron chi connectivity index (χ4n) is 4.54. The highest BCUT2D eigenvalue weighted by Crippen LogP contribution is 2.41. The Morgan fingerprint density at radius 1 is 1.13 bits per heavy atom. The van der Waals surface area contributed by atoms with Crippen molar-refractivity contribution in [2.45, 2.75) is 32.2 Å². The van der Waals surface area contributed by atoms with Crippen molar-refractivity contribution >= 4 is 17.0 Å². The molecule has 0 atom stereocenters. The van der Waals surface area contributed by atoms with Crippen LogP contribution in [0.15, 0.2) is 48.2 Å². The molecule has 2 aliphatic heterocycles. The minimum Gasteiger partial charge on any atom is -0.507 e. The number of fused-ring (bicyclic) bond motifs is 2. The zero-order valence-electron chi connectivity index (χ0n) is 17.0. The Morgan fingerprint density at radius 2 is 1.90 bits per heavy atom. The molecule has 0 amide bonds. The third-order valence-corrected chi connectivity index (χ3v) is 6.19. The molecule has 0 radical (unpaired) electrons. The van der Waals surface area contributed by atoms with Gasteiger partial charge in [0, 0.05) is 18.7 Å². The molecule has 1 saturated heterocycles. The first-order chi connectivity index (χ1) is 15.0. The minimum absolute atomic E-state index is 0.0551. The van der Waals surface area contributed by atoms with E-state index in [0.717, 1.165) is 42.6 Å². The first-order valence-electron chi connectivity index (χ1n) is 10.5. The van der Waals surface area contributed by atoms with Gasteiger partial charge in [0.15, 0.2) is 5.76 Å². The van der Waals surface area contributed by atoms with Gasteiger partial charge in [-0.05, 0) is 73.3 Å². The Bertz CT molecular complexity index is 1160. The van der Waals surface area contributed by atoms with Crippen LogP contribution in [0.4, 0.5) is 5.69 Å². The first kappa shape index (κ1) is 19.5. The molecule has 7 heteroatoms. The number of allylic oxidation sites excluding steroid dienone is 4. The largest absolute Gasteiger partial charge is 0.507 e. The molecule has 0 spiro atoms.